The second-order valence-electron chi connectivity index (χ2n) is 8.18. The minimum atomic E-state index is -1.43. The summed E-state index contributed by atoms with van der Waals surface area (Å²) < 4.78 is 67.7. The van der Waals surface area contributed by atoms with E-state index in [-0.39, 0.29) is 5.75 Å². The van der Waals surface area contributed by atoms with Gasteiger partial charge in [-0.05, 0) is 35.4 Å². The third kappa shape index (κ3) is 8.34. The average Bonchev–Trinajstić information content (AvgIpc) is 2.98. The highest BCUT2D eigenvalue weighted by atomic mass is 16.7. The Bertz CT molecular complexity index is 1320. The van der Waals surface area contributed by atoms with E-state index >= 15 is 0 Å². The summed E-state index contributed by atoms with van der Waals surface area (Å²) in [6, 6.07) is 13.2. The molecule has 1 aliphatic heterocycles. The van der Waals surface area contributed by atoms with Gasteiger partial charge in [0, 0.05) is 0 Å². The van der Waals surface area contributed by atoms with Gasteiger partial charge < -0.3 is 52.3 Å². The van der Waals surface area contributed by atoms with Crippen LogP contribution in [0.5, 0.6) is 5.75 Å². The van der Waals surface area contributed by atoms with E-state index in [1.54, 1.807) is 48.5 Å². The summed E-state index contributed by atoms with van der Waals surface area (Å²) in [5.74, 6) is -0.267. The van der Waals surface area contributed by atoms with Gasteiger partial charge in [-0.2, -0.15) is 0 Å². The van der Waals surface area contributed by atoms with Gasteiger partial charge in [-0.15, -0.1) is 0 Å². The Morgan fingerprint density at radius 1 is 0.825 bits per heavy atom. The monoisotopic (exact) mass is 562 g/mol. The lowest BCUT2D eigenvalue weighted by Crippen LogP contribution is -2.63. The smallest absolute Gasteiger partial charge is 0.337 e. The third-order valence-electron chi connectivity index (χ3n) is 5.76. The molecule has 1 saturated heterocycles. The Morgan fingerprint density at radius 3 is 2.08 bits per heavy atom. The van der Waals surface area contributed by atoms with Crippen LogP contribution in [-0.2, 0) is 47.6 Å². The minimum absolute atomic E-state index is 0.229. The minimum Gasteiger partial charge on any atom is -0.465 e. The van der Waals surface area contributed by atoms with Gasteiger partial charge in [0.25, 0.3) is 0 Å². The quantitative estimate of drug-likeness (QED) is 0.201. The van der Waals surface area contributed by atoms with Crippen molar-refractivity contribution >= 4 is 31.0 Å². The number of hydrogen-bond acceptors (Lipinski definition) is 12. The molecule has 2 aromatic carbocycles. The first kappa shape index (κ1) is 25.2. The summed E-state index contributed by atoms with van der Waals surface area (Å²) in [5.41, 5.74) is 1.74. The Balaban J connectivity index is 1.96. The number of carbonyl (C=O) groups is 5. The zero-order chi connectivity index (χ0) is 32.2. The van der Waals surface area contributed by atoms with Crippen LogP contribution in [0.25, 0.3) is 11.1 Å². The van der Waals surface area contributed by atoms with Crippen molar-refractivity contribution in [3.8, 4) is 16.9 Å². The molecule has 1 heterocycles. The summed E-state index contributed by atoms with van der Waals surface area (Å²) in [7, 11) is 1.27. The molecule has 0 radical (unpaired) electrons. The maximum atomic E-state index is 11.8. The van der Waals surface area contributed by atoms with Crippen LogP contribution in [0, 0.1) is 0 Å². The normalized spacial score (nSPS) is 23.6. The molecule has 1 unspecified atom stereocenters. The van der Waals surface area contributed by atoms with Crippen LogP contribution in [0.15, 0.2) is 48.5 Å². The summed E-state index contributed by atoms with van der Waals surface area (Å²) >= 11 is 0. The molecule has 40 heavy (non-hydrogen) atoms. The van der Waals surface area contributed by atoms with Crippen molar-refractivity contribution in [1.82, 2.24) is 0 Å². The van der Waals surface area contributed by atoms with Crippen LogP contribution in [0.3, 0.4) is 0 Å². The van der Waals surface area contributed by atoms with E-state index in [2.05, 4.69) is 0 Å². The highest BCUT2D eigenvalue weighted by Crippen LogP contribution is 2.32. The van der Waals surface area contributed by atoms with Crippen LogP contribution in [0.1, 0.15) is 15.8 Å². The fraction of sp³-hybridized carbons (Fsp3) is 0.393. The molecule has 0 amide bonds. The predicted molar refractivity (Wildman–Crippen MR) is 137 cm³/mol. The average molecular weight is 563 g/mol. The molecular weight excluding hydrogens is 528 g/mol. The fourth-order valence-electron chi connectivity index (χ4n) is 4.08. The molecule has 5 atom stereocenters. The van der Waals surface area contributed by atoms with E-state index in [0.717, 1.165) is 5.56 Å². The van der Waals surface area contributed by atoms with Crippen molar-refractivity contribution in [2.24, 2.45) is 0 Å². The number of esters is 1. The molecule has 1 fully saturated rings. The molecule has 0 N–H and O–H groups in total. The number of benzene rings is 2. The van der Waals surface area contributed by atoms with Crippen molar-refractivity contribution in [2.75, 3.05) is 40.1 Å². The van der Waals surface area contributed by atoms with E-state index in [0.29, 0.717) is 11.1 Å². The van der Waals surface area contributed by atoms with Crippen LogP contribution in [0.4, 0.5) is 0 Å². The van der Waals surface area contributed by atoms with Crippen molar-refractivity contribution < 1.29 is 62.6 Å². The van der Waals surface area contributed by atoms with Crippen molar-refractivity contribution in [2.45, 2.75) is 30.7 Å². The zero-order valence-electron chi connectivity index (χ0n) is 25.4. The summed E-state index contributed by atoms with van der Waals surface area (Å²) in [6.45, 7) is -3.28. The topological polar surface area (TPSA) is 150 Å². The van der Waals surface area contributed by atoms with Crippen molar-refractivity contribution in [3.63, 3.8) is 0 Å². The number of methoxy groups -OCH3 is 1. The van der Waals surface area contributed by atoms with Gasteiger partial charge in [0.1, 0.15) is 87.1 Å². The molecule has 2 aromatic rings. The molecule has 0 saturated carbocycles. The second-order valence-corrected chi connectivity index (χ2v) is 8.18. The predicted octanol–water partition coefficient (Wildman–Crippen LogP) is 1.21. The second kappa shape index (κ2) is 16.3. The molecule has 12 heteroatoms. The van der Waals surface area contributed by atoms with Gasteiger partial charge >= 0.3 is 5.97 Å². The molecule has 3 rings (SSSR count). The molecule has 0 aromatic heterocycles. The summed E-state index contributed by atoms with van der Waals surface area (Å²) in [5, 5.41) is 0. The van der Waals surface area contributed by atoms with Gasteiger partial charge in [-0.3, -0.25) is 0 Å². The Hall–Kier alpha value is -3.81. The number of hydrogen-bond donors (Lipinski definition) is 0. The first-order chi connectivity index (χ1) is 21.0. The third-order valence-corrected chi connectivity index (χ3v) is 5.76. The molecule has 0 bridgehead atoms. The summed E-state index contributed by atoms with van der Waals surface area (Å²) in [4.78, 5) is 57.4. The Morgan fingerprint density at radius 2 is 1.45 bits per heavy atom. The van der Waals surface area contributed by atoms with E-state index in [1.165, 1.54) is 7.11 Å². The first-order valence-electron chi connectivity index (χ1n) is 14.0. The SMILES string of the molecule is [2H]C(=O)COC[C@H]1OC(Oc2cccc(-c3ccc(C(=O)OC)cc3)c2)[C@@H](OCC([2H])=O)[C@@H](OCC([2H])=O)[C@@H]1OCC([2H])=O. The molecule has 12 nitrogen and oxygen atoms in total. The van der Waals surface area contributed by atoms with Crippen molar-refractivity contribution in [1.29, 1.82) is 0 Å². The van der Waals surface area contributed by atoms with Crippen LogP contribution in [-0.4, -0.2) is 102 Å². The Kier molecular flexibility index (Phi) is 10.3. The maximum Gasteiger partial charge on any atom is 0.337 e. The number of carbonyl (C=O) groups excluding carboxylic acids is 5. The van der Waals surface area contributed by atoms with E-state index in [1.807, 2.05) is 0 Å². The van der Waals surface area contributed by atoms with Gasteiger partial charge in [-0.1, -0.05) is 24.3 Å². The number of aldehydes is 4. The van der Waals surface area contributed by atoms with Gasteiger partial charge in [0.2, 0.25) is 6.29 Å². The number of ether oxygens (including phenoxy) is 7. The molecule has 1 aliphatic rings. The fourth-order valence-corrected chi connectivity index (χ4v) is 4.08. The lowest BCUT2D eigenvalue weighted by molar-refractivity contribution is -0.299. The molecule has 0 spiro atoms. The van der Waals surface area contributed by atoms with Gasteiger partial charge in [0.15, 0.2) is 0 Å². The van der Waals surface area contributed by atoms with E-state index in [4.69, 9.17) is 38.6 Å². The highest BCUT2D eigenvalue weighted by Gasteiger charge is 2.49. The lowest BCUT2D eigenvalue weighted by atomic mass is 9.98. The standard InChI is InChI=1S/C28H30O12/c1-34-27(33)20-7-5-19(6-8-20)21-3-2-4-22(17-21)39-28-26(38-16-12-32)25(37-15-11-31)24(36-14-10-30)23(40-28)18-35-13-9-29/h2-12,17,23-26,28H,13-16,18H2,1H3/t23-,24-,25+,26+,28?/m1/s1/i9D,10D,11D,12D. The number of rotatable bonds is 17. The zero-order valence-corrected chi connectivity index (χ0v) is 21.4. The van der Waals surface area contributed by atoms with E-state index < -0.39 is 94.8 Å². The molecular formula is C28H30O12. The largest absolute Gasteiger partial charge is 0.465 e. The van der Waals surface area contributed by atoms with Crippen LogP contribution in [0.2, 0.25) is 0 Å². The molecule has 0 aliphatic carbocycles. The van der Waals surface area contributed by atoms with Gasteiger partial charge in [-0.25, -0.2) is 4.79 Å². The van der Waals surface area contributed by atoms with E-state index in [9.17, 15) is 24.0 Å². The van der Waals surface area contributed by atoms with Gasteiger partial charge in [0.05, 0.1) is 19.3 Å². The molecule has 214 valence electrons. The van der Waals surface area contributed by atoms with Crippen molar-refractivity contribution in [3.05, 3.63) is 54.1 Å². The lowest BCUT2D eigenvalue weighted by Gasteiger charge is -2.45. The summed E-state index contributed by atoms with van der Waals surface area (Å²) in [6.07, 6.45) is -11.1. The van der Waals surface area contributed by atoms with Crippen LogP contribution >= 0.6 is 0 Å². The maximum absolute atomic E-state index is 11.8. The Labute approximate surface area is 236 Å². The first-order valence-corrected chi connectivity index (χ1v) is 12.0. The highest BCUT2D eigenvalue weighted by molar-refractivity contribution is 5.90. The van der Waals surface area contributed by atoms with Crippen LogP contribution < -0.4 is 4.74 Å².